The Morgan fingerprint density at radius 2 is 1.97 bits per heavy atom. The van der Waals surface area contributed by atoms with Crippen LogP contribution in [0.2, 0.25) is 0 Å². The molecule has 29 heavy (non-hydrogen) atoms. The normalized spacial score (nSPS) is 20.6. The predicted octanol–water partition coefficient (Wildman–Crippen LogP) is 4.21. The van der Waals surface area contributed by atoms with Crippen LogP contribution in [0, 0.1) is 5.92 Å². The lowest BCUT2D eigenvalue weighted by atomic mass is 9.81. The van der Waals surface area contributed by atoms with Crippen molar-refractivity contribution in [1.29, 1.82) is 0 Å². The Labute approximate surface area is 174 Å². The molecule has 1 aromatic carbocycles. The van der Waals surface area contributed by atoms with Crippen molar-refractivity contribution in [3.05, 3.63) is 57.8 Å². The molecule has 2 aromatic rings. The molecule has 1 fully saturated rings. The lowest BCUT2D eigenvalue weighted by Gasteiger charge is -2.36. The summed E-state index contributed by atoms with van der Waals surface area (Å²) in [6.45, 7) is 0.845. The number of rotatable bonds is 6. The van der Waals surface area contributed by atoms with Crippen LogP contribution in [0.25, 0.3) is 0 Å². The van der Waals surface area contributed by atoms with Crippen molar-refractivity contribution in [2.75, 3.05) is 13.1 Å². The molecule has 0 bridgehead atoms. The topological polar surface area (TPSA) is 49.4 Å². The molecule has 0 spiro atoms. The van der Waals surface area contributed by atoms with Gasteiger partial charge in [-0.25, -0.2) is 8.78 Å². The summed E-state index contributed by atoms with van der Waals surface area (Å²) in [4.78, 5) is 28.1. The van der Waals surface area contributed by atoms with Crippen molar-refractivity contribution in [3.63, 3.8) is 0 Å². The molecular formula is C22H26F2N2O2S. The van der Waals surface area contributed by atoms with E-state index in [0.29, 0.717) is 6.54 Å². The van der Waals surface area contributed by atoms with Crippen LogP contribution in [0.4, 0.5) is 8.78 Å². The largest absolute Gasteiger partial charge is 0.355 e. The SMILES string of the molecule is O=C(NCCC(=O)N1CCc2sccc2C1Cc1ccccc1)C1CC(F)(F)C1.[HH]. The molecule has 156 valence electrons. The zero-order valence-electron chi connectivity index (χ0n) is 16.1. The third kappa shape index (κ3) is 4.50. The number of nitrogens with zero attached hydrogens (tertiary/aromatic N) is 1. The van der Waals surface area contributed by atoms with E-state index in [-0.39, 0.29) is 45.1 Å². The van der Waals surface area contributed by atoms with Gasteiger partial charge in [-0.15, -0.1) is 11.3 Å². The van der Waals surface area contributed by atoms with Crippen LogP contribution in [0.5, 0.6) is 0 Å². The highest BCUT2D eigenvalue weighted by molar-refractivity contribution is 7.10. The number of hydrogen-bond donors (Lipinski definition) is 1. The average Bonchev–Trinajstić information content (AvgIpc) is 3.16. The fourth-order valence-electron chi connectivity index (χ4n) is 4.18. The molecule has 1 saturated carbocycles. The number of amides is 2. The summed E-state index contributed by atoms with van der Waals surface area (Å²) in [7, 11) is 0. The maximum absolute atomic E-state index is 12.9. The van der Waals surface area contributed by atoms with E-state index in [4.69, 9.17) is 0 Å². The molecule has 2 amide bonds. The third-order valence-electron chi connectivity index (χ3n) is 5.79. The lowest BCUT2D eigenvalue weighted by molar-refractivity contribution is -0.150. The molecule has 0 radical (unpaired) electrons. The number of thiophene rings is 1. The smallest absolute Gasteiger partial charge is 0.249 e. The second kappa shape index (κ2) is 8.22. The summed E-state index contributed by atoms with van der Waals surface area (Å²) in [5.74, 6) is -3.73. The van der Waals surface area contributed by atoms with Crippen molar-refractivity contribution >= 4 is 23.2 Å². The summed E-state index contributed by atoms with van der Waals surface area (Å²) >= 11 is 1.73. The first-order chi connectivity index (χ1) is 13.9. The number of carbonyl (C=O) groups excluding carboxylic acids is 2. The van der Waals surface area contributed by atoms with E-state index >= 15 is 0 Å². The molecule has 1 aromatic heterocycles. The fraction of sp³-hybridized carbons (Fsp3) is 0.455. The molecule has 2 heterocycles. The Bertz CT molecular complexity index is 882. The molecule has 2 aliphatic rings. The van der Waals surface area contributed by atoms with E-state index in [2.05, 4.69) is 28.9 Å². The van der Waals surface area contributed by atoms with Crippen molar-refractivity contribution in [2.45, 2.75) is 44.1 Å². The van der Waals surface area contributed by atoms with Crippen molar-refractivity contribution < 1.29 is 19.8 Å². The molecular weight excluding hydrogens is 394 g/mol. The minimum absolute atomic E-state index is 0. The molecule has 1 atom stereocenters. The van der Waals surface area contributed by atoms with Gasteiger partial charge in [0.1, 0.15) is 0 Å². The first-order valence-corrected chi connectivity index (χ1v) is 10.9. The van der Waals surface area contributed by atoms with E-state index < -0.39 is 11.8 Å². The maximum Gasteiger partial charge on any atom is 0.249 e. The van der Waals surface area contributed by atoms with E-state index in [1.165, 1.54) is 16.0 Å². The first kappa shape index (κ1) is 20.0. The number of fused-ring (bicyclic) bond motifs is 1. The van der Waals surface area contributed by atoms with Gasteiger partial charge in [0.05, 0.1) is 6.04 Å². The van der Waals surface area contributed by atoms with Crippen LogP contribution in [-0.4, -0.2) is 35.7 Å². The molecule has 1 N–H and O–H groups in total. The van der Waals surface area contributed by atoms with Crippen LogP contribution in [0.3, 0.4) is 0 Å². The minimum atomic E-state index is -2.71. The number of benzene rings is 1. The van der Waals surface area contributed by atoms with Gasteiger partial charge >= 0.3 is 0 Å². The van der Waals surface area contributed by atoms with E-state index in [1.54, 1.807) is 11.3 Å². The van der Waals surface area contributed by atoms with Gasteiger partial charge in [-0.3, -0.25) is 9.59 Å². The van der Waals surface area contributed by atoms with E-state index in [1.807, 2.05) is 23.1 Å². The van der Waals surface area contributed by atoms with Gasteiger partial charge in [-0.1, -0.05) is 30.3 Å². The zero-order chi connectivity index (χ0) is 20.4. The van der Waals surface area contributed by atoms with Crippen molar-refractivity contribution in [3.8, 4) is 0 Å². The van der Waals surface area contributed by atoms with Crippen LogP contribution >= 0.6 is 11.3 Å². The summed E-state index contributed by atoms with van der Waals surface area (Å²) in [5, 5.41) is 4.73. The van der Waals surface area contributed by atoms with Crippen LogP contribution in [-0.2, 0) is 22.4 Å². The summed E-state index contributed by atoms with van der Waals surface area (Å²) in [6, 6.07) is 12.2. The van der Waals surface area contributed by atoms with Gasteiger partial charge in [-0.05, 0) is 35.4 Å². The molecule has 1 unspecified atom stereocenters. The predicted molar refractivity (Wildman–Crippen MR) is 110 cm³/mol. The highest BCUT2D eigenvalue weighted by Gasteiger charge is 2.48. The molecule has 7 heteroatoms. The third-order valence-corrected chi connectivity index (χ3v) is 6.78. The Balaban J connectivity index is 0.00000256. The Hall–Kier alpha value is -2.28. The standard InChI is InChI=1S/C22H24F2N2O2S.H2/c23-22(24)13-16(14-22)21(28)25-9-6-20(27)26-10-7-19-17(8-11-29-19)18(26)12-15-4-2-1-3-5-15;/h1-5,8,11,16,18H,6-7,9-10,12-14H2,(H,25,28);1H. The van der Waals surface area contributed by atoms with E-state index in [0.717, 1.165) is 12.8 Å². The number of nitrogens with one attached hydrogen (secondary N) is 1. The molecule has 1 aliphatic heterocycles. The lowest BCUT2D eigenvalue weighted by Crippen LogP contribution is -2.46. The van der Waals surface area contributed by atoms with Crippen molar-refractivity contribution in [2.24, 2.45) is 5.92 Å². The van der Waals surface area contributed by atoms with Crippen LogP contribution in [0.15, 0.2) is 41.8 Å². The quantitative estimate of drug-likeness (QED) is 0.761. The van der Waals surface area contributed by atoms with Crippen LogP contribution in [0.1, 0.15) is 42.7 Å². The first-order valence-electron chi connectivity index (χ1n) is 9.98. The maximum atomic E-state index is 12.9. The Morgan fingerprint density at radius 3 is 2.69 bits per heavy atom. The number of halogens is 2. The number of carbonyl (C=O) groups is 2. The van der Waals surface area contributed by atoms with E-state index in [9.17, 15) is 18.4 Å². The second-order valence-electron chi connectivity index (χ2n) is 7.84. The fourth-order valence-corrected chi connectivity index (χ4v) is 5.11. The Kier molecular flexibility index (Phi) is 5.67. The summed E-state index contributed by atoms with van der Waals surface area (Å²) < 4.78 is 25.8. The number of hydrogen-bond acceptors (Lipinski definition) is 3. The second-order valence-corrected chi connectivity index (χ2v) is 8.84. The van der Waals surface area contributed by atoms with Gasteiger partial charge < -0.3 is 10.2 Å². The van der Waals surface area contributed by atoms with Gasteiger partial charge in [0, 0.05) is 44.6 Å². The Morgan fingerprint density at radius 1 is 1.21 bits per heavy atom. The molecule has 0 saturated heterocycles. The van der Waals surface area contributed by atoms with Gasteiger partial charge in [0.2, 0.25) is 17.7 Å². The zero-order valence-corrected chi connectivity index (χ0v) is 16.9. The van der Waals surface area contributed by atoms with Gasteiger partial charge in [0.25, 0.3) is 0 Å². The minimum Gasteiger partial charge on any atom is -0.355 e. The highest BCUT2D eigenvalue weighted by atomic mass is 32.1. The molecule has 4 nitrogen and oxygen atoms in total. The molecule has 1 aliphatic carbocycles. The summed E-state index contributed by atoms with van der Waals surface area (Å²) in [5.41, 5.74) is 2.38. The average molecular weight is 421 g/mol. The van der Waals surface area contributed by atoms with Gasteiger partial charge in [-0.2, -0.15) is 0 Å². The van der Waals surface area contributed by atoms with Crippen molar-refractivity contribution in [1.82, 2.24) is 10.2 Å². The highest BCUT2D eigenvalue weighted by Crippen LogP contribution is 2.42. The summed E-state index contributed by atoms with van der Waals surface area (Å²) in [6.07, 6.45) is 0.991. The van der Waals surface area contributed by atoms with Gasteiger partial charge in [0.15, 0.2) is 0 Å². The monoisotopic (exact) mass is 420 g/mol. The number of alkyl halides is 2. The molecule has 4 rings (SSSR count). The van der Waals surface area contributed by atoms with Crippen LogP contribution < -0.4 is 5.32 Å².